The summed E-state index contributed by atoms with van der Waals surface area (Å²) < 4.78 is 0. The molecule has 4 rings (SSSR count). The van der Waals surface area contributed by atoms with Crippen molar-refractivity contribution < 1.29 is 0 Å². The average molecular weight is 341 g/mol. The topological polar surface area (TPSA) is 26.0 Å². The predicted octanol–water partition coefficient (Wildman–Crippen LogP) is 5.99. The number of nitrogen functional groups attached to an aromatic ring is 1. The lowest BCUT2D eigenvalue weighted by Gasteiger charge is -2.19. The highest BCUT2D eigenvalue weighted by Crippen LogP contribution is 2.29. The van der Waals surface area contributed by atoms with Crippen LogP contribution in [0.25, 0.3) is 11.1 Å². The Morgan fingerprint density at radius 3 is 1.73 bits per heavy atom. The van der Waals surface area contributed by atoms with Gasteiger partial charge in [0.15, 0.2) is 0 Å². The van der Waals surface area contributed by atoms with Crippen molar-refractivity contribution in [3.8, 4) is 11.1 Å². The van der Waals surface area contributed by atoms with E-state index in [4.69, 9.17) is 5.73 Å². The van der Waals surface area contributed by atoms with Gasteiger partial charge in [-0.2, -0.15) is 0 Å². The van der Waals surface area contributed by atoms with Crippen molar-refractivity contribution in [1.29, 1.82) is 0 Å². The largest absolute Gasteiger partial charge is 0.399 e. The van der Waals surface area contributed by atoms with Gasteiger partial charge in [0.25, 0.3) is 0 Å². The van der Waals surface area contributed by atoms with Crippen molar-refractivity contribution in [3.63, 3.8) is 0 Å². The smallest absolute Gasteiger partial charge is 0.0314 e. The zero-order valence-corrected chi connectivity index (χ0v) is 15.4. The first-order valence-corrected chi connectivity index (χ1v) is 9.83. The van der Waals surface area contributed by atoms with E-state index in [2.05, 4.69) is 54.6 Å². The van der Waals surface area contributed by atoms with Gasteiger partial charge in [-0.05, 0) is 84.0 Å². The summed E-state index contributed by atoms with van der Waals surface area (Å²) in [7, 11) is 0. The molecule has 0 saturated heterocycles. The van der Waals surface area contributed by atoms with Gasteiger partial charge in [0.1, 0.15) is 0 Å². The molecule has 132 valence electrons. The molecule has 1 nitrogen and oxygen atoms in total. The Hall–Kier alpha value is -2.54. The molecule has 3 aromatic rings. The van der Waals surface area contributed by atoms with Crippen LogP contribution < -0.4 is 5.73 Å². The fraction of sp³-hybridized carbons (Fsp3) is 0.280. The van der Waals surface area contributed by atoms with Crippen LogP contribution in [0.1, 0.15) is 41.5 Å². The van der Waals surface area contributed by atoms with Crippen LogP contribution in [0, 0.1) is 0 Å². The molecule has 0 atom stereocenters. The highest BCUT2D eigenvalue weighted by Gasteiger charge is 2.13. The van der Waals surface area contributed by atoms with E-state index >= 15 is 0 Å². The number of unbranched alkanes of at least 4 members (excludes halogenated alkanes) is 2. The number of nitrogens with two attached hydrogens (primary N) is 1. The molecule has 0 unspecified atom stereocenters. The summed E-state index contributed by atoms with van der Waals surface area (Å²) in [6.07, 6.45) is 8.61. The second kappa shape index (κ2) is 7.78. The molecule has 0 saturated carbocycles. The normalized spacial score (nSPS) is 12.5. The molecule has 0 fully saturated rings. The van der Waals surface area contributed by atoms with Gasteiger partial charge in [-0.25, -0.2) is 0 Å². The van der Waals surface area contributed by atoms with Crippen LogP contribution in [0.2, 0.25) is 0 Å². The zero-order chi connectivity index (χ0) is 17.8. The minimum atomic E-state index is 0.849. The third-order valence-corrected chi connectivity index (χ3v) is 5.57. The number of benzene rings is 3. The molecule has 0 aliphatic heterocycles. The van der Waals surface area contributed by atoms with Crippen LogP contribution in [0.15, 0.2) is 66.7 Å². The van der Waals surface area contributed by atoms with Gasteiger partial charge in [0.2, 0.25) is 0 Å². The van der Waals surface area contributed by atoms with Crippen LogP contribution >= 0.6 is 0 Å². The average Bonchev–Trinajstić information content (AvgIpc) is 2.65. The molecule has 0 spiro atoms. The summed E-state index contributed by atoms with van der Waals surface area (Å²) in [6.45, 7) is 0. The fourth-order valence-corrected chi connectivity index (χ4v) is 3.76. The first-order valence-electron chi connectivity index (χ1n) is 9.83. The first kappa shape index (κ1) is 16.9. The lowest BCUT2D eigenvalue weighted by molar-refractivity contribution is 0.678. The van der Waals surface area contributed by atoms with Gasteiger partial charge >= 0.3 is 0 Å². The van der Waals surface area contributed by atoms with Crippen LogP contribution in [-0.4, -0.2) is 0 Å². The number of hydrogen-bond acceptors (Lipinski definition) is 1. The van der Waals surface area contributed by atoms with Gasteiger partial charge in [-0.15, -0.1) is 0 Å². The van der Waals surface area contributed by atoms with E-state index in [0.717, 1.165) is 12.1 Å². The molecule has 0 amide bonds. The Balaban J connectivity index is 1.24. The van der Waals surface area contributed by atoms with E-state index in [1.807, 2.05) is 12.1 Å². The van der Waals surface area contributed by atoms with Crippen molar-refractivity contribution in [2.24, 2.45) is 0 Å². The molecule has 1 heteroatoms. The molecular formula is C25H27N. The lowest BCUT2D eigenvalue weighted by atomic mass is 9.86. The lowest BCUT2D eigenvalue weighted by Crippen LogP contribution is -2.07. The van der Waals surface area contributed by atoms with Crippen LogP contribution in [0.4, 0.5) is 5.69 Å². The van der Waals surface area contributed by atoms with Crippen molar-refractivity contribution in [1.82, 2.24) is 0 Å². The molecule has 2 N–H and O–H groups in total. The number of rotatable bonds is 7. The third kappa shape index (κ3) is 3.99. The monoisotopic (exact) mass is 341 g/mol. The van der Waals surface area contributed by atoms with Gasteiger partial charge in [-0.3, -0.25) is 0 Å². The SMILES string of the molecule is Nc1ccc(CCCCCc2ccc(-c3ccc4c(c3)CC4)cc2)cc1. The Bertz CT molecular complexity index is 860. The summed E-state index contributed by atoms with van der Waals surface area (Å²) in [4.78, 5) is 0. The highest BCUT2D eigenvalue weighted by molar-refractivity contribution is 5.66. The first-order chi connectivity index (χ1) is 12.8. The van der Waals surface area contributed by atoms with E-state index in [1.54, 1.807) is 0 Å². The second-order valence-corrected chi connectivity index (χ2v) is 7.48. The van der Waals surface area contributed by atoms with E-state index in [1.165, 1.54) is 71.9 Å². The molecule has 0 aromatic heterocycles. The Labute approximate surface area is 156 Å². The van der Waals surface area contributed by atoms with E-state index < -0.39 is 0 Å². The molecule has 0 heterocycles. The maximum absolute atomic E-state index is 5.73. The summed E-state index contributed by atoms with van der Waals surface area (Å²) in [5, 5.41) is 0. The summed E-state index contributed by atoms with van der Waals surface area (Å²) in [5.41, 5.74) is 15.2. The number of hydrogen-bond donors (Lipinski definition) is 1. The Kier molecular flexibility index (Phi) is 5.06. The van der Waals surface area contributed by atoms with Crippen molar-refractivity contribution in [2.75, 3.05) is 5.73 Å². The zero-order valence-electron chi connectivity index (χ0n) is 15.4. The van der Waals surface area contributed by atoms with Gasteiger partial charge in [0.05, 0.1) is 0 Å². The standard InChI is InChI=1S/C25H27N/c26-25-16-8-20(9-17-25)5-3-1-2-4-19-6-10-21(11-7-19)23-14-12-22-13-15-24(22)18-23/h6-12,14,16-18H,1-5,13,15,26H2. The maximum atomic E-state index is 5.73. The number of anilines is 1. The quantitative estimate of drug-likeness (QED) is 0.414. The van der Waals surface area contributed by atoms with Crippen molar-refractivity contribution in [2.45, 2.75) is 44.9 Å². The van der Waals surface area contributed by atoms with Crippen LogP contribution in [-0.2, 0) is 25.7 Å². The summed E-state index contributed by atoms with van der Waals surface area (Å²) in [5.74, 6) is 0. The highest BCUT2D eigenvalue weighted by atomic mass is 14.5. The van der Waals surface area contributed by atoms with Gasteiger partial charge in [-0.1, -0.05) is 61.0 Å². The van der Waals surface area contributed by atoms with Crippen LogP contribution in [0.5, 0.6) is 0 Å². The van der Waals surface area contributed by atoms with E-state index in [9.17, 15) is 0 Å². The molecule has 1 aliphatic rings. The molecule has 0 radical (unpaired) electrons. The Morgan fingerprint density at radius 1 is 0.577 bits per heavy atom. The molecule has 0 bridgehead atoms. The minimum Gasteiger partial charge on any atom is -0.399 e. The number of aryl methyl sites for hydroxylation is 4. The minimum absolute atomic E-state index is 0.849. The second-order valence-electron chi connectivity index (χ2n) is 7.48. The van der Waals surface area contributed by atoms with Crippen LogP contribution in [0.3, 0.4) is 0 Å². The maximum Gasteiger partial charge on any atom is 0.0314 e. The van der Waals surface area contributed by atoms with E-state index in [0.29, 0.717) is 0 Å². The third-order valence-electron chi connectivity index (χ3n) is 5.57. The molecular weight excluding hydrogens is 314 g/mol. The summed E-state index contributed by atoms with van der Waals surface area (Å²) >= 11 is 0. The molecule has 26 heavy (non-hydrogen) atoms. The molecule has 1 aliphatic carbocycles. The Morgan fingerprint density at radius 2 is 1.15 bits per heavy atom. The number of fused-ring (bicyclic) bond motifs is 1. The van der Waals surface area contributed by atoms with Crippen molar-refractivity contribution >= 4 is 5.69 Å². The van der Waals surface area contributed by atoms with Gasteiger partial charge in [0, 0.05) is 5.69 Å². The van der Waals surface area contributed by atoms with E-state index in [-0.39, 0.29) is 0 Å². The van der Waals surface area contributed by atoms with Gasteiger partial charge < -0.3 is 5.73 Å². The summed E-state index contributed by atoms with van der Waals surface area (Å²) in [6, 6.07) is 24.4. The predicted molar refractivity (Wildman–Crippen MR) is 111 cm³/mol. The molecule has 3 aromatic carbocycles. The fourth-order valence-electron chi connectivity index (χ4n) is 3.76. The van der Waals surface area contributed by atoms with Crippen molar-refractivity contribution in [3.05, 3.63) is 89.0 Å².